The second-order valence-corrected chi connectivity index (χ2v) is 7.03. The normalized spacial score (nSPS) is 16.6. The minimum absolute atomic E-state index is 0.0582. The highest BCUT2D eigenvalue weighted by Crippen LogP contribution is 2.35. The van der Waals surface area contributed by atoms with Gasteiger partial charge in [-0.05, 0) is 34.8 Å². The lowest BCUT2D eigenvalue weighted by Gasteiger charge is -2.26. The van der Waals surface area contributed by atoms with Crippen molar-refractivity contribution in [1.82, 2.24) is 4.72 Å². The van der Waals surface area contributed by atoms with E-state index in [2.05, 4.69) is 20.7 Å². The van der Waals surface area contributed by atoms with Crippen molar-refractivity contribution in [3.8, 4) is 0 Å². The summed E-state index contributed by atoms with van der Waals surface area (Å²) in [4.78, 5) is -0.514. The van der Waals surface area contributed by atoms with Crippen LogP contribution in [0.15, 0.2) is 15.4 Å². The molecule has 18 heavy (non-hydrogen) atoms. The molecule has 1 aliphatic carbocycles. The molecule has 8 heteroatoms. The Kier molecular flexibility index (Phi) is 3.87. The Hall–Kier alpha value is -0.370. The zero-order valence-electron chi connectivity index (χ0n) is 9.21. The highest BCUT2D eigenvalue weighted by atomic mass is 79.9. The van der Waals surface area contributed by atoms with Gasteiger partial charge in [0.25, 0.3) is 0 Å². The average molecular weight is 358 g/mol. The Labute approximate surface area is 118 Å². The summed E-state index contributed by atoms with van der Waals surface area (Å²) in [5.41, 5.74) is 5.15. The van der Waals surface area contributed by atoms with E-state index >= 15 is 0 Å². The molecule has 100 valence electrons. The van der Waals surface area contributed by atoms with Crippen molar-refractivity contribution in [1.29, 1.82) is 0 Å². The molecule has 0 unspecified atom stereocenters. The maximum Gasteiger partial charge on any atom is 0.243 e. The monoisotopic (exact) mass is 356 g/mol. The standard InChI is InChI=1S/C10H11BrClFN2O2S/c11-8-6(12)4-7(9(13)10(8)14)18(16,17)15-5-2-1-3-5/h4-5,15H,1-3,14H2. The summed E-state index contributed by atoms with van der Waals surface area (Å²) in [5.74, 6) is -0.988. The molecule has 3 N–H and O–H groups in total. The molecule has 0 radical (unpaired) electrons. The van der Waals surface area contributed by atoms with Crippen molar-refractivity contribution < 1.29 is 12.8 Å². The third-order valence-corrected chi connectivity index (χ3v) is 5.77. The fourth-order valence-electron chi connectivity index (χ4n) is 1.60. The fraction of sp³-hybridized carbons (Fsp3) is 0.400. The van der Waals surface area contributed by atoms with Gasteiger partial charge >= 0.3 is 0 Å². The number of anilines is 1. The second kappa shape index (κ2) is 4.96. The molecule has 1 saturated carbocycles. The highest BCUT2D eigenvalue weighted by Gasteiger charge is 2.28. The molecule has 0 atom stereocenters. The first kappa shape index (κ1) is 14.0. The lowest BCUT2D eigenvalue weighted by molar-refractivity contribution is 0.383. The van der Waals surface area contributed by atoms with Gasteiger partial charge in [0.15, 0.2) is 5.82 Å². The molecule has 1 aliphatic rings. The number of hydrogen-bond acceptors (Lipinski definition) is 3. The number of halogens is 3. The van der Waals surface area contributed by atoms with E-state index in [0.29, 0.717) is 0 Å². The molecule has 0 bridgehead atoms. The van der Waals surface area contributed by atoms with Crippen molar-refractivity contribution in [2.45, 2.75) is 30.2 Å². The van der Waals surface area contributed by atoms with Gasteiger partial charge in [-0.2, -0.15) is 0 Å². The summed E-state index contributed by atoms with van der Waals surface area (Å²) in [5, 5.41) is 0.0582. The summed E-state index contributed by atoms with van der Waals surface area (Å²) in [7, 11) is -3.92. The quantitative estimate of drug-likeness (QED) is 0.645. The van der Waals surface area contributed by atoms with Crippen molar-refractivity contribution in [3.05, 3.63) is 21.4 Å². The zero-order chi connectivity index (χ0) is 13.5. The predicted octanol–water partition coefficient (Wildman–Crippen LogP) is 2.65. The molecule has 1 aromatic carbocycles. The van der Waals surface area contributed by atoms with E-state index in [1.54, 1.807) is 0 Å². The van der Waals surface area contributed by atoms with Crippen molar-refractivity contribution in [2.24, 2.45) is 0 Å². The van der Waals surface area contributed by atoms with Gasteiger partial charge in [-0.15, -0.1) is 0 Å². The molecule has 0 heterocycles. The Bertz CT molecular complexity index is 590. The smallest absolute Gasteiger partial charge is 0.243 e. The van der Waals surface area contributed by atoms with Gasteiger partial charge in [-0.3, -0.25) is 0 Å². The van der Waals surface area contributed by atoms with E-state index in [1.807, 2.05) is 0 Å². The molecule has 0 amide bonds. The summed E-state index contributed by atoms with van der Waals surface area (Å²) in [6.45, 7) is 0. The lowest BCUT2D eigenvalue weighted by Crippen LogP contribution is -2.39. The van der Waals surface area contributed by atoms with Crippen LogP contribution in [-0.2, 0) is 10.0 Å². The van der Waals surface area contributed by atoms with E-state index in [0.717, 1.165) is 25.3 Å². The topological polar surface area (TPSA) is 72.2 Å². The van der Waals surface area contributed by atoms with Crippen LogP contribution >= 0.6 is 27.5 Å². The number of sulfonamides is 1. The second-order valence-electron chi connectivity index (χ2n) is 4.15. The summed E-state index contributed by atoms with van der Waals surface area (Å²) < 4.78 is 40.4. The number of nitrogen functional groups attached to an aromatic ring is 1. The third-order valence-electron chi connectivity index (χ3n) is 2.87. The average Bonchev–Trinajstić information content (AvgIpc) is 2.26. The summed E-state index contributed by atoms with van der Waals surface area (Å²) in [6.07, 6.45) is 2.50. The van der Waals surface area contributed by atoms with Gasteiger partial charge in [0.05, 0.1) is 15.2 Å². The molecule has 1 fully saturated rings. The van der Waals surface area contributed by atoms with Gasteiger partial charge in [-0.25, -0.2) is 17.5 Å². The Morgan fingerprint density at radius 2 is 2.11 bits per heavy atom. The van der Waals surface area contributed by atoms with Crippen LogP contribution in [0.5, 0.6) is 0 Å². The molecule has 2 rings (SSSR count). The van der Waals surface area contributed by atoms with Crippen LogP contribution < -0.4 is 10.5 Å². The molecule has 4 nitrogen and oxygen atoms in total. The van der Waals surface area contributed by atoms with Gasteiger partial charge in [0, 0.05) is 6.04 Å². The molecular formula is C10H11BrClFN2O2S. The minimum atomic E-state index is -3.92. The van der Waals surface area contributed by atoms with Crippen LogP contribution in [-0.4, -0.2) is 14.5 Å². The third kappa shape index (κ3) is 2.49. The molecular weight excluding hydrogens is 347 g/mol. The van der Waals surface area contributed by atoms with Crippen LogP contribution in [0.1, 0.15) is 19.3 Å². The van der Waals surface area contributed by atoms with Crippen LogP contribution in [0.3, 0.4) is 0 Å². The highest BCUT2D eigenvalue weighted by molar-refractivity contribution is 9.10. The van der Waals surface area contributed by atoms with Crippen LogP contribution in [0, 0.1) is 5.82 Å². The number of benzene rings is 1. The van der Waals surface area contributed by atoms with E-state index in [-0.39, 0.29) is 21.2 Å². The molecule has 0 aliphatic heterocycles. The fourth-order valence-corrected chi connectivity index (χ4v) is 3.59. The summed E-state index contributed by atoms with van der Waals surface area (Å²) in [6, 6.07) is 0.927. The van der Waals surface area contributed by atoms with E-state index in [4.69, 9.17) is 17.3 Å². The molecule has 0 spiro atoms. The SMILES string of the molecule is Nc1c(F)c(S(=O)(=O)NC2CCC2)cc(Cl)c1Br. The summed E-state index contributed by atoms with van der Waals surface area (Å²) >= 11 is 8.79. The Balaban J connectivity index is 2.43. The predicted molar refractivity (Wildman–Crippen MR) is 71.5 cm³/mol. The Morgan fingerprint density at radius 1 is 1.50 bits per heavy atom. The lowest BCUT2D eigenvalue weighted by atomic mass is 9.94. The first-order chi connectivity index (χ1) is 8.33. The molecule has 1 aromatic rings. The number of rotatable bonds is 3. The molecule has 0 aromatic heterocycles. The zero-order valence-corrected chi connectivity index (χ0v) is 12.4. The number of nitrogens with two attached hydrogens (primary N) is 1. The van der Waals surface area contributed by atoms with Gasteiger partial charge < -0.3 is 5.73 Å². The molecule has 0 saturated heterocycles. The van der Waals surface area contributed by atoms with Gasteiger partial charge in [0.2, 0.25) is 10.0 Å². The van der Waals surface area contributed by atoms with Gasteiger partial charge in [0.1, 0.15) is 4.90 Å². The van der Waals surface area contributed by atoms with Crippen molar-refractivity contribution >= 4 is 43.2 Å². The van der Waals surface area contributed by atoms with E-state index < -0.39 is 20.7 Å². The van der Waals surface area contributed by atoms with Gasteiger partial charge in [-0.1, -0.05) is 18.0 Å². The van der Waals surface area contributed by atoms with Crippen LogP contribution in [0.25, 0.3) is 0 Å². The van der Waals surface area contributed by atoms with Crippen LogP contribution in [0.2, 0.25) is 5.02 Å². The minimum Gasteiger partial charge on any atom is -0.395 e. The Morgan fingerprint density at radius 3 is 2.61 bits per heavy atom. The first-order valence-corrected chi connectivity index (χ1v) is 7.93. The largest absolute Gasteiger partial charge is 0.395 e. The van der Waals surface area contributed by atoms with E-state index in [9.17, 15) is 12.8 Å². The van der Waals surface area contributed by atoms with Crippen molar-refractivity contribution in [2.75, 3.05) is 5.73 Å². The number of hydrogen-bond donors (Lipinski definition) is 2. The van der Waals surface area contributed by atoms with Crippen LogP contribution in [0.4, 0.5) is 10.1 Å². The van der Waals surface area contributed by atoms with E-state index in [1.165, 1.54) is 0 Å². The van der Waals surface area contributed by atoms with Crippen molar-refractivity contribution in [3.63, 3.8) is 0 Å². The number of nitrogens with one attached hydrogen (secondary N) is 1. The first-order valence-electron chi connectivity index (χ1n) is 5.28. The maximum absolute atomic E-state index is 13.9. The maximum atomic E-state index is 13.9.